The van der Waals surface area contributed by atoms with Crippen molar-refractivity contribution in [1.29, 1.82) is 0 Å². The van der Waals surface area contributed by atoms with Gasteiger partial charge in [-0.1, -0.05) is 12.1 Å². The fourth-order valence-electron chi connectivity index (χ4n) is 3.05. The molecule has 1 saturated heterocycles. The van der Waals surface area contributed by atoms with Crippen molar-refractivity contribution in [3.05, 3.63) is 29.8 Å². The molecule has 1 aliphatic rings. The minimum atomic E-state index is -0.879. The Bertz CT molecular complexity index is 579. The largest absolute Gasteiger partial charge is 0.480 e. The van der Waals surface area contributed by atoms with E-state index in [0.29, 0.717) is 38.4 Å². The summed E-state index contributed by atoms with van der Waals surface area (Å²) in [6.07, 6.45) is 0.759. The third-order valence-electron chi connectivity index (χ3n) is 4.25. The minimum absolute atomic E-state index is 0.0365. The number of carbonyl (C=O) groups is 2. The van der Waals surface area contributed by atoms with Crippen LogP contribution in [0.1, 0.15) is 5.56 Å². The summed E-state index contributed by atoms with van der Waals surface area (Å²) in [5, 5.41) is 21.6. The summed E-state index contributed by atoms with van der Waals surface area (Å²) in [6.45, 7) is 2.85. The predicted octanol–water partition coefficient (Wildman–Crippen LogP) is -0.444. The zero-order valence-electron chi connectivity index (χ0n) is 14.2. The Morgan fingerprint density at radius 1 is 1.04 bits per heavy atom. The van der Waals surface area contributed by atoms with Crippen LogP contribution in [-0.2, 0) is 16.0 Å². The summed E-state index contributed by atoms with van der Waals surface area (Å²) in [4.78, 5) is 25.8. The molecule has 0 saturated carbocycles. The topological polar surface area (TPSA) is 119 Å². The molecule has 1 heterocycles. The average Bonchev–Trinajstić information content (AvgIpc) is 2.60. The normalized spacial score (nSPS) is 20.4. The van der Waals surface area contributed by atoms with Gasteiger partial charge < -0.3 is 21.3 Å². The lowest BCUT2D eigenvalue weighted by atomic mass is 10.0. The molecule has 5 N–H and O–H groups in total. The molecule has 1 fully saturated rings. The smallest absolute Gasteiger partial charge is 0.317 e. The average molecular weight is 350 g/mol. The number of carboxylic acids is 2. The molecule has 0 amide bonds. The van der Waals surface area contributed by atoms with Gasteiger partial charge in [0.05, 0.1) is 13.1 Å². The highest BCUT2D eigenvalue weighted by Gasteiger charge is 2.21. The zero-order valence-corrected chi connectivity index (χ0v) is 14.2. The standard InChI is InChI=1S/C17H26N4O4/c18-14-3-1-13(2-4-14)9-15-10-21(12-17(24)25)8-7-20(6-5-19-15)11-16(22)23/h1-4,15,19H,5-12,18H2,(H,22,23)(H,24,25). The summed E-state index contributed by atoms with van der Waals surface area (Å²) < 4.78 is 0. The second-order valence-corrected chi connectivity index (χ2v) is 6.40. The number of nitrogens with one attached hydrogen (secondary N) is 1. The fourth-order valence-corrected chi connectivity index (χ4v) is 3.05. The maximum Gasteiger partial charge on any atom is 0.317 e. The number of rotatable bonds is 6. The van der Waals surface area contributed by atoms with Crippen LogP contribution in [0.5, 0.6) is 0 Å². The van der Waals surface area contributed by atoms with Crippen LogP contribution in [0.15, 0.2) is 24.3 Å². The van der Waals surface area contributed by atoms with E-state index < -0.39 is 11.9 Å². The molecule has 0 bridgehead atoms. The lowest BCUT2D eigenvalue weighted by Gasteiger charge is -2.26. The highest BCUT2D eigenvalue weighted by Crippen LogP contribution is 2.10. The van der Waals surface area contributed by atoms with Crippen LogP contribution in [0.2, 0.25) is 0 Å². The minimum Gasteiger partial charge on any atom is -0.480 e. The van der Waals surface area contributed by atoms with Gasteiger partial charge >= 0.3 is 11.9 Å². The Morgan fingerprint density at radius 3 is 2.28 bits per heavy atom. The summed E-state index contributed by atoms with van der Waals surface area (Å²) in [6, 6.07) is 7.75. The number of anilines is 1. The van der Waals surface area contributed by atoms with E-state index in [2.05, 4.69) is 5.32 Å². The van der Waals surface area contributed by atoms with Crippen LogP contribution >= 0.6 is 0 Å². The lowest BCUT2D eigenvalue weighted by molar-refractivity contribution is -0.140. The van der Waals surface area contributed by atoms with Gasteiger partial charge in [-0.15, -0.1) is 0 Å². The van der Waals surface area contributed by atoms with E-state index in [9.17, 15) is 9.59 Å². The molecule has 138 valence electrons. The summed E-state index contributed by atoms with van der Waals surface area (Å²) >= 11 is 0. The van der Waals surface area contributed by atoms with Gasteiger partial charge in [-0.05, 0) is 24.1 Å². The molecule has 0 aliphatic carbocycles. The quantitative estimate of drug-likeness (QED) is 0.510. The van der Waals surface area contributed by atoms with Crippen molar-refractivity contribution >= 4 is 17.6 Å². The SMILES string of the molecule is Nc1ccc(CC2CN(CC(=O)O)CCN(CC(=O)O)CCN2)cc1. The number of hydrogen-bond donors (Lipinski definition) is 4. The van der Waals surface area contributed by atoms with Crippen molar-refractivity contribution < 1.29 is 19.8 Å². The van der Waals surface area contributed by atoms with Crippen LogP contribution in [0.25, 0.3) is 0 Å². The second kappa shape index (κ2) is 9.36. The van der Waals surface area contributed by atoms with Crippen LogP contribution in [0.4, 0.5) is 5.69 Å². The first-order valence-corrected chi connectivity index (χ1v) is 8.38. The highest BCUT2D eigenvalue weighted by molar-refractivity contribution is 5.69. The van der Waals surface area contributed by atoms with Gasteiger partial charge in [0.1, 0.15) is 0 Å². The Morgan fingerprint density at radius 2 is 1.64 bits per heavy atom. The molecule has 1 atom stereocenters. The van der Waals surface area contributed by atoms with E-state index >= 15 is 0 Å². The molecule has 1 aliphatic heterocycles. The Kier molecular flexibility index (Phi) is 7.17. The van der Waals surface area contributed by atoms with Gasteiger partial charge in [0, 0.05) is 44.5 Å². The maximum atomic E-state index is 11.1. The molecule has 1 aromatic carbocycles. The molecule has 0 aromatic heterocycles. The number of carboxylic acid groups (broad SMARTS) is 2. The third-order valence-corrected chi connectivity index (χ3v) is 4.25. The molecule has 8 nitrogen and oxygen atoms in total. The van der Waals surface area contributed by atoms with Gasteiger partial charge in [0.25, 0.3) is 0 Å². The molecular formula is C17H26N4O4. The first-order valence-electron chi connectivity index (χ1n) is 8.38. The van der Waals surface area contributed by atoms with E-state index in [-0.39, 0.29) is 19.1 Å². The summed E-state index contributed by atoms with van der Waals surface area (Å²) in [5.74, 6) is -1.75. The van der Waals surface area contributed by atoms with E-state index in [1.165, 1.54) is 0 Å². The predicted molar refractivity (Wildman–Crippen MR) is 94.5 cm³/mol. The molecule has 2 rings (SSSR count). The summed E-state index contributed by atoms with van der Waals surface area (Å²) in [5.41, 5.74) is 7.55. The number of nitrogen functional groups attached to an aromatic ring is 1. The Balaban J connectivity index is 2.04. The third kappa shape index (κ3) is 7.08. The van der Waals surface area contributed by atoms with Crippen LogP contribution in [-0.4, -0.2) is 83.8 Å². The van der Waals surface area contributed by atoms with Crippen molar-refractivity contribution in [3.8, 4) is 0 Å². The lowest BCUT2D eigenvalue weighted by Crippen LogP contribution is -2.44. The van der Waals surface area contributed by atoms with Crippen LogP contribution in [0, 0.1) is 0 Å². The number of nitrogens with two attached hydrogens (primary N) is 1. The molecule has 8 heteroatoms. The van der Waals surface area contributed by atoms with Crippen LogP contribution in [0.3, 0.4) is 0 Å². The maximum absolute atomic E-state index is 11.1. The van der Waals surface area contributed by atoms with Gasteiger partial charge in [-0.25, -0.2) is 0 Å². The highest BCUT2D eigenvalue weighted by atomic mass is 16.4. The van der Waals surface area contributed by atoms with E-state index in [1.807, 2.05) is 34.1 Å². The van der Waals surface area contributed by atoms with Crippen molar-refractivity contribution in [2.24, 2.45) is 0 Å². The number of hydrogen-bond acceptors (Lipinski definition) is 6. The van der Waals surface area contributed by atoms with Gasteiger partial charge in [0.15, 0.2) is 0 Å². The molecule has 0 radical (unpaired) electrons. The fraction of sp³-hybridized carbons (Fsp3) is 0.529. The van der Waals surface area contributed by atoms with E-state index in [0.717, 1.165) is 12.0 Å². The van der Waals surface area contributed by atoms with Gasteiger partial charge in [-0.3, -0.25) is 19.4 Å². The molecule has 1 aromatic rings. The number of benzene rings is 1. The van der Waals surface area contributed by atoms with Crippen LogP contribution < -0.4 is 11.1 Å². The summed E-state index contributed by atoms with van der Waals surface area (Å²) in [7, 11) is 0. The molecule has 0 spiro atoms. The van der Waals surface area contributed by atoms with Crippen molar-refractivity contribution in [2.45, 2.75) is 12.5 Å². The second-order valence-electron chi connectivity index (χ2n) is 6.40. The van der Waals surface area contributed by atoms with Gasteiger partial charge in [0.2, 0.25) is 0 Å². The number of nitrogens with zero attached hydrogens (tertiary/aromatic N) is 2. The van der Waals surface area contributed by atoms with Crippen molar-refractivity contribution in [2.75, 3.05) is 51.5 Å². The first-order chi connectivity index (χ1) is 11.9. The Hall–Kier alpha value is -2.16. The molecule has 1 unspecified atom stereocenters. The zero-order chi connectivity index (χ0) is 18.2. The number of aliphatic carboxylic acids is 2. The first kappa shape index (κ1) is 19.2. The van der Waals surface area contributed by atoms with E-state index in [1.54, 1.807) is 0 Å². The van der Waals surface area contributed by atoms with Gasteiger partial charge in [-0.2, -0.15) is 0 Å². The molecule has 25 heavy (non-hydrogen) atoms. The Labute approximate surface area is 147 Å². The monoisotopic (exact) mass is 350 g/mol. The molecular weight excluding hydrogens is 324 g/mol. The van der Waals surface area contributed by atoms with Crippen molar-refractivity contribution in [1.82, 2.24) is 15.1 Å². The van der Waals surface area contributed by atoms with Crippen molar-refractivity contribution in [3.63, 3.8) is 0 Å². The van der Waals surface area contributed by atoms with E-state index in [4.69, 9.17) is 15.9 Å².